The lowest BCUT2D eigenvalue weighted by Crippen LogP contribution is -2.33. The molecule has 1 aromatic rings. The molecule has 20 heavy (non-hydrogen) atoms. The summed E-state index contributed by atoms with van der Waals surface area (Å²) >= 11 is 0. The molecular formula is C11H9F6NO2. The molecule has 0 radical (unpaired) electrons. The van der Waals surface area contributed by atoms with Crippen molar-refractivity contribution in [2.24, 2.45) is 5.73 Å². The first-order valence-corrected chi connectivity index (χ1v) is 5.31. The van der Waals surface area contributed by atoms with E-state index in [1.165, 1.54) is 6.92 Å². The van der Waals surface area contributed by atoms with E-state index in [0.29, 0.717) is 0 Å². The maximum atomic E-state index is 13.5. The molecular weight excluding hydrogens is 292 g/mol. The highest BCUT2D eigenvalue weighted by Gasteiger charge is 2.36. The van der Waals surface area contributed by atoms with E-state index in [9.17, 15) is 31.1 Å². The summed E-state index contributed by atoms with van der Waals surface area (Å²) in [6, 6.07) is -2.39. The largest absolute Gasteiger partial charge is 0.464 e. The minimum Gasteiger partial charge on any atom is -0.464 e. The van der Waals surface area contributed by atoms with Crippen molar-refractivity contribution in [3.05, 3.63) is 34.6 Å². The standard InChI is InChI=1S/C11H9F6NO2/c1-2-20-11(19)9(17)10(18)3-4(12)6(14)8(16)7(15)5(3)13/h9-10H,2,18H2,1H3/t9?,10-/m0/s1. The van der Waals surface area contributed by atoms with Gasteiger partial charge in [-0.05, 0) is 6.92 Å². The third-order valence-electron chi connectivity index (χ3n) is 2.40. The summed E-state index contributed by atoms with van der Waals surface area (Å²) in [6.07, 6.45) is -2.77. The van der Waals surface area contributed by atoms with Crippen LogP contribution in [0.25, 0.3) is 0 Å². The van der Waals surface area contributed by atoms with Gasteiger partial charge >= 0.3 is 5.97 Å². The van der Waals surface area contributed by atoms with Gasteiger partial charge in [0, 0.05) is 0 Å². The van der Waals surface area contributed by atoms with Crippen molar-refractivity contribution in [1.29, 1.82) is 0 Å². The first kappa shape index (κ1) is 16.3. The fourth-order valence-electron chi connectivity index (χ4n) is 1.43. The number of halogens is 6. The maximum Gasteiger partial charge on any atom is 0.342 e. The number of nitrogens with two attached hydrogens (primary N) is 1. The van der Waals surface area contributed by atoms with E-state index < -0.39 is 52.8 Å². The Morgan fingerprint density at radius 1 is 1.05 bits per heavy atom. The zero-order chi connectivity index (χ0) is 15.6. The SMILES string of the molecule is CCOC(=O)C(F)[C@@H](N)c1c(F)c(F)c(F)c(F)c1F. The summed E-state index contributed by atoms with van der Waals surface area (Å²) in [6.45, 7) is 1.08. The van der Waals surface area contributed by atoms with E-state index in [2.05, 4.69) is 4.74 Å². The van der Waals surface area contributed by atoms with E-state index in [-0.39, 0.29) is 6.61 Å². The predicted octanol–water partition coefficient (Wildman–Crippen LogP) is 2.28. The Balaban J connectivity index is 3.30. The van der Waals surface area contributed by atoms with Crippen molar-refractivity contribution >= 4 is 5.97 Å². The number of esters is 1. The van der Waals surface area contributed by atoms with Crippen LogP contribution in [0.15, 0.2) is 0 Å². The molecule has 3 nitrogen and oxygen atoms in total. The number of hydrogen-bond donors (Lipinski definition) is 1. The average molecular weight is 301 g/mol. The molecule has 1 rings (SSSR count). The van der Waals surface area contributed by atoms with Crippen LogP contribution in [0.4, 0.5) is 26.3 Å². The van der Waals surface area contributed by atoms with Crippen molar-refractivity contribution in [2.45, 2.75) is 19.1 Å². The van der Waals surface area contributed by atoms with Crippen LogP contribution < -0.4 is 5.73 Å². The summed E-state index contributed by atoms with van der Waals surface area (Å²) in [5.74, 6) is -13.1. The predicted molar refractivity (Wildman–Crippen MR) is 54.7 cm³/mol. The van der Waals surface area contributed by atoms with E-state index in [4.69, 9.17) is 5.73 Å². The molecule has 0 heterocycles. The zero-order valence-corrected chi connectivity index (χ0v) is 10.0. The molecule has 0 amide bonds. The molecule has 9 heteroatoms. The molecule has 112 valence electrons. The van der Waals surface area contributed by atoms with Gasteiger partial charge in [-0.1, -0.05) is 0 Å². The number of ether oxygens (including phenoxy) is 1. The minimum absolute atomic E-state index is 0.247. The topological polar surface area (TPSA) is 52.3 Å². The quantitative estimate of drug-likeness (QED) is 0.402. The molecule has 0 aliphatic carbocycles. The van der Waals surface area contributed by atoms with Gasteiger partial charge in [0.1, 0.15) is 0 Å². The molecule has 0 aromatic heterocycles. The number of carbonyl (C=O) groups excluding carboxylic acids is 1. The fraction of sp³-hybridized carbons (Fsp3) is 0.364. The van der Waals surface area contributed by atoms with Gasteiger partial charge in [0.15, 0.2) is 23.3 Å². The van der Waals surface area contributed by atoms with Crippen molar-refractivity contribution < 1.29 is 35.9 Å². The highest BCUT2D eigenvalue weighted by atomic mass is 19.2. The second kappa shape index (κ2) is 6.12. The van der Waals surface area contributed by atoms with Gasteiger partial charge in [-0.3, -0.25) is 0 Å². The van der Waals surface area contributed by atoms with Crippen LogP contribution in [0, 0.1) is 29.1 Å². The Hall–Kier alpha value is -1.77. The lowest BCUT2D eigenvalue weighted by molar-refractivity contribution is -0.150. The first-order chi connectivity index (χ1) is 9.23. The molecule has 0 saturated carbocycles. The number of rotatable bonds is 4. The summed E-state index contributed by atoms with van der Waals surface area (Å²) in [5, 5.41) is 0. The smallest absolute Gasteiger partial charge is 0.342 e. The summed E-state index contributed by atoms with van der Waals surface area (Å²) in [7, 11) is 0. The highest BCUT2D eigenvalue weighted by molar-refractivity contribution is 5.75. The van der Waals surface area contributed by atoms with Gasteiger partial charge in [0.25, 0.3) is 0 Å². The Morgan fingerprint density at radius 2 is 1.45 bits per heavy atom. The molecule has 0 saturated heterocycles. The summed E-state index contributed by atoms with van der Waals surface area (Å²) in [4.78, 5) is 11.0. The van der Waals surface area contributed by atoms with Crippen LogP contribution in [-0.4, -0.2) is 18.7 Å². The molecule has 1 unspecified atom stereocenters. The van der Waals surface area contributed by atoms with Crippen LogP contribution in [0.2, 0.25) is 0 Å². The van der Waals surface area contributed by atoms with Gasteiger partial charge in [-0.2, -0.15) is 0 Å². The van der Waals surface area contributed by atoms with E-state index >= 15 is 0 Å². The van der Waals surface area contributed by atoms with Gasteiger partial charge in [0.2, 0.25) is 12.0 Å². The number of benzene rings is 1. The maximum absolute atomic E-state index is 13.5. The van der Waals surface area contributed by atoms with Crippen molar-refractivity contribution in [3.63, 3.8) is 0 Å². The molecule has 0 spiro atoms. The molecule has 0 aliphatic rings. The van der Waals surface area contributed by atoms with E-state index in [1.807, 2.05) is 0 Å². The Kier molecular flexibility index (Phi) is 4.98. The van der Waals surface area contributed by atoms with Crippen LogP contribution in [-0.2, 0) is 9.53 Å². The van der Waals surface area contributed by atoms with E-state index in [1.54, 1.807) is 0 Å². The monoisotopic (exact) mass is 301 g/mol. The Labute approximate surface area is 109 Å². The van der Waals surface area contributed by atoms with Gasteiger partial charge in [-0.25, -0.2) is 31.1 Å². The molecule has 2 N–H and O–H groups in total. The minimum atomic E-state index is -2.77. The lowest BCUT2D eigenvalue weighted by atomic mass is 10.0. The zero-order valence-electron chi connectivity index (χ0n) is 10.0. The van der Waals surface area contributed by atoms with E-state index in [0.717, 1.165) is 0 Å². The molecule has 0 bridgehead atoms. The number of alkyl halides is 1. The van der Waals surface area contributed by atoms with Gasteiger partial charge in [0.05, 0.1) is 18.2 Å². The third kappa shape index (κ3) is 2.72. The summed E-state index contributed by atoms with van der Waals surface area (Å²) < 4.78 is 83.0. The second-order valence-electron chi connectivity index (χ2n) is 3.66. The highest BCUT2D eigenvalue weighted by Crippen LogP contribution is 2.29. The van der Waals surface area contributed by atoms with Crippen LogP contribution in [0.5, 0.6) is 0 Å². The fourth-order valence-corrected chi connectivity index (χ4v) is 1.43. The molecule has 0 fully saturated rings. The Morgan fingerprint density at radius 3 is 1.85 bits per heavy atom. The first-order valence-electron chi connectivity index (χ1n) is 5.31. The van der Waals surface area contributed by atoms with Crippen molar-refractivity contribution in [2.75, 3.05) is 6.61 Å². The van der Waals surface area contributed by atoms with Crippen LogP contribution >= 0.6 is 0 Å². The summed E-state index contributed by atoms with van der Waals surface area (Å²) in [5.41, 5.74) is 3.44. The Bertz CT molecular complexity index is 507. The van der Waals surface area contributed by atoms with Crippen molar-refractivity contribution in [3.8, 4) is 0 Å². The molecule has 0 aliphatic heterocycles. The average Bonchev–Trinajstić information content (AvgIpc) is 2.42. The number of hydrogen-bond acceptors (Lipinski definition) is 3. The van der Waals surface area contributed by atoms with Gasteiger partial charge in [-0.15, -0.1) is 0 Å². The molecule has 2 atom stereocenters. The lowest BCUT2D eigenvalue weighted by Gasteiger charge is -2.18. The second-order valence-corrected chi connectivity index (χ2v) is 3.66. The van der Waals surface area contributed by atoms with Crippen molar-refractivity contribution in [1.82, 2.24) is 0 Å². The van der Waals surface area contributed by atoms with Gasteiger partial charge < -0.3 is 10.5 Å². The number of carbonyl (C=O) groups is 1. The third-order valence-corrected chi connectivity index (χ3v) is 2.40. The van der Waals surface area contributed by atoms with Crippen LogP contribution in [0.3, 0.4) is 0 Å². The van der Waals surface area contributed by atoms with Crippen LogP contribution in [0.1, 0.15) is 18.5 Å². The normalized spacial score (nSPS) is 14.0. The molecule has 1 aromatic carbocycles.